The Labute approximate surface area is 111 Å². The van der Waals surface area contributed by atoms with E-state index in [-0.39, 0.29) is 17.8 Å². The maximum Gasteiger partial charge on any atom is 0.272 e. The first-order valence-corrected chi connectivity index (χ1v) is 6.32. The third kappa shape index (κ3) is 3.21. The summed E-state index contributed by atoms with van der Waals surface area (Å²) in [6, 6.07) is 3.94. The minimum Gasteiger partial charge on any atom is -0.409 e. The molecule has 1 fully saturated rings. The van der Waals surface area contributed by atoms with Crippen LogP contribution in [0.4, 0.5) is 0 Å². The van der Waals surface area contributed by atoms with E-state index in [0.717, 1.165) is 18.4 Å². The van der Waals surface area contributed by atoms with Gasteiger partial charge >= 0.3 is 0 Å². The maximum atomic E-state index is 12.5. The van der Waals surface area contributed by atoms with Crippen molar-refractivity contribution in [2.24, 2.45) is 10.9 Å². The molecule has 19 heavy (non-hydrogen) atoms. The standard InChI is InChI=1S/C13H18N4O2/c1-9-3-2-7-15-12(9)13(18)17(10-4-5-10)8-6-11(14)16-19/h2-3,7,10,19H,4-6,8H2,1H3,(H2,14,16). The van der Waals surface area contributed by atoms with Crippen molar-refractivity contribution in [2.45, 2.75) is 32.2 Å². The van der Waals surface area contributed by atoms with Crippen LogP contribution in [0.1, 0.15) is 35.3 Å². The monoisotopic (exact) mass is 262 g/mol. The predicted molar refractivity (Wildman–Crippen MR) is 71.1 cm³/mol. The molecule has 0 saturated heterocycles. The zero-order valence-electron chi connectivity index (χ0n) is 10.9. The maximum absolute atomic E-state index is 12.5. The van der Waals surface area contributed by atoms with Crippen molar-refractivity contribution in [1.29, 1.82) is 0 Å². The van der Waals surface area contributed by atoms with E-state index in [4.69, 9.17) is 10.9 Å². The molecule has 0 spiro atoms. The molecule has 6 nitrogen and oxygen atoms in total. The van der Waals surface area contributed by atoms with E-state index in [2.05, 4.69) is 10.1 Å². The molecule has 0 aliphatic heterocycles. The third-order valence-electron chi connectivity index (χ3n) is 3.20. The summed E-state index contributed by atoms with van der Waals surface area (Å²) in [6.07, 6.45) is 4.00. The van der Waals surface area contributed by atoms with Crippen molar-refractivity contribution in [3.05, 3.63) is 29.6 Å². The molecular weight excluding hydrogens is 244 g/mol. The Kier molecular flexibility index (Phi) is 3.99. The van der Waals surface area contributed by atoms with Crippen molar-refractivity contribution >= 4 is 11.7 Å². The van der Waals surface area contributed by atoms with E-state index >= 15 is 0 Å². The number of aryl methyl sites for hydroxylation is 1. The Morgan fingerprint density at radius 3 is 2.95 bits per heavy atom. The van der Waals surface area contributed by atoms with Gasteiger partial charge in [0.25, 0.3) is 5.91 Å². The number of oxime groups is 1. The van der Waals surface area contributed by atoms with Gasteiger partial charge in [0.2, 0.25) is 0 Å². The van der Waals surface area contributed by atoms with Gasteiger partial charge in [0.1, 0.15) is 11.5 Å². The van der Waals surface area contributed by atoms with E-state index in [1.54, 1.807) is 11.1 Å². The highest BCUT2D eigenvalue weighted by Gasteiger charge is 2.33. The van der Waals surface area contributed by atoms with Crippen LogP contribution in [-0.2, 0) is 0 Å². The van der Waals surface area contributed by atoms with Crippen LogP contribution in [0.25, 0.3) is 0 Å². The molecule has 0 radical (unpaired) electrons. The van der Waals surface area contributed by atoms with E-state index in [1.807, 2.05) is 19.1 Å². The molecule has 0 bridgehead atoms. The largest absolute Gasteiger partial charge is 0.409 e. The lowest BCUT2D eigenvalue weighted by atomic mass is 10.2. The highest BCUT2D eigenvalue weighted by Crippen LogP contribution is 2.28. The van der Waals surface area contributed by atoms with Crippen LogP contribution in [0.3, 0.4) is 0 Å². The first kappa shape index (κ1) is 13.3. The lowest BCUT2D eigenvalue weighted by Crippen LogP contribution is -2.36. The number of hydrogen-bond donors (Lipinski definition) is 2. The molecule has 102 valence electrons. The molecule has 1 aromatic heterocycles. The molecule has 1 amide bonds. The summed E-state index contributed by atoms with van der Waals surface area (Å²) in [4.78, 5) is 18.4. The smallest absolute Gasteiger partial charge is 0.272 e. The minimum atomic E-state index is -0.0775. The third-order valence-corrected chi connectivity index (χ3v) is 3.20. The summed E-state index contributed by atoms with van der Waals surface area (Å²) in [5.74, 6) is 0.0579. The van der Waals surface area contributed by atoms with Gasteiger partial charge in [0.15, 0.2) is 0 Å². The summed E-state index contributed by atoms with van der Waals surface area (Å²) in [5, 5.41) is 11.5. The fourth-order valence-corrected chi connectivity index (χ4v) is 1.97. The fourth-order valence-electron chi connectivity index (χ4n) is 1.97. The van der Waals surface area contributed by atoms with Gasteiger partial charge in [-0.1, -0.05) is 11.2 Å². The van der Waals surface area contributed by atoms with Crippen molar-refractivity contribution < 1.29 is 10.0 Å². The molecule has 1 heterocycles. The van der Waals surface area contributed by atoms with Crippen LogP contribution in [0, 0.1) is 6.92 Å². The van der Waals surface area contributed by atoms with Crippen LogP contribution < -0.4 is 5.73 Å². The van der Waals surface area contributed by atoms with Gasteiger partial charge in [-0.05, 0) is 31.4 Å². The second-order valence-corrected chi connectivity index (χ2v) is 4.74. The number of aromatic nitrogens is 1. The number of pyridine rings is 1. The summed E-state index contributed by atoms with van der Waals surface area (Å²) in [5.41, 5.74) is 6.80. The number of amidine groups is 1. The average Bonchev–Trinajstić information content (AvgIpc) is 3.23. The van der Waals surface area contributed by atoms with Crippen molar-refractivity contribution in [3.63, 3.8) is 0 Å². The molecule has 1 saturated carbocycles. The Morgan fingerprint density at radius 2 is 2.37 bits per heavy atom. The quantitative estimate of drug-likeness (QED) is 0.360. The van der Waals surface area contributed by atoms with Gasteiger partial charge in [-0.25, -0.2) is 0 Å². The van der Waals surface area contributed by atoms with Crippen molar-refractivity contribution in [3.8, 4) is 0 Å². The summed E-state index contributed by atoms with van der Waals surface area (Å²) in [7, 11) is 0. The average molecular weight is 262 g/mol. The zero-order chi connectivity index (χ0) is 13.8. The van der Waals surface area contributed by atoms with Gasteiger partial charge < -0.3 is 15.8 Å². The first-order valence-electron chi connectivity index (χ1n) is 6.32. The second kappa shape index (κ2) is 5.69. The Bertz CT molecular complexity index is 497. The van der Waals surface area contributed by atoms with Crippen LogP contribution in [0.15, 0.2) is 23.5 Å². The van der Waals surface area contributed by atoms with E-state index in [1.165, 1.54) is 0 Å². The highest BCUT2D eigenvalue weighted by molar-refractivity contribution is 5.94. The van der Waals surface area contributed by atoms with Crippen LogP contribution in [0.2, 0.25) is 0 Å². The number of carbonyl (C=O) groups excluding carboxylic acids is 1. The SMILES string of the molecule is Cc1cccnc1C(=O)N(CCC(N)=NO)C1CC1. The molecule has 0 atom stereocenters. The molecule has 1 aliphatic rings. The van der Waals surface area contributed by atoms with Crippen molar-refractivity contribution in [1.82, 2.24) is 9.88 Å². The number of nitrogens with two attached hydrogens (primary N) is 1. The minimum absolute atomic E-state index is 0.0775. The van der Waals surface area contributed by atoms with Crippen LogP contribution in [-0.4, -0.2) is 39.4 Å². The number of rotatable bonds is 5. The van der Waals surface area contributed by atoms with Gasteiger partial charge in [-0.15, -0.1) is 0 Å². The van der Waals surface area contributed by atoms with Gasteiger partial charge in [-0.2, -0.15) is 0 Å². The van der Waals surface area contributed by atoms with Gasteiger partial charge in [-0.3, -0.25) is 9.78 Å². The summed E-state index contributed by atoms with van der Waals surface area (Å²) in [6.45, 7) is 2.32. The first-order chi connectivity index (χ1) is 9.13. The number of hydrogen-bond acceptors (Lipinski definition) is 4. The Balaban J connectivity index is 2.11. The molecule has 0 unspecified atom stereocenters. The predicted octanol–water partition coefficient (Wildman–Crippen LogP) is 1.13. The number of carbonyl (C=O) groups is 1. The topological polar surface area (TPSA) is 91.8 Å². The summed E-state index contributed by atoms with van der Waals surface area (Å²) < 4.78 is 0. The Morgan fingerprint density at radius 1 is 1.63 bits per heavy atom. The van der Waals surface area contributed by atoms with Crippen molar-refractivity contribution in [2.75, 3.05) is 6.54 Å². The zero-order valence-corrected chi connectivity index (χ0v) is 10.9. The lowest BCUT2D eigenvalue weighted by molar-refractivity contribution is 0.0740. The molecule has 0 aromatic carbocycles. The molecule has 1 aromatic rings. The Hall–Kier alpha value is -2.11. The number of amides is 1. The van der Waals surface area contributed by atoms with E-state index in [9.17, 15) is 4.79 Å². The van der Waals surface area contributed by atoms with Crippen LogP contribution in [0.5, 0.6) is 0 Å². The molecule has 1 aliphatic carbocycles. The van der Waals surface area contributed by atoms with Crippen LogP contribution >= 0.6 is 0 Å². The van der Waals surface area contributed by atoms with Gasteiger partial charge in [0, 0.05) is 25.2 Å². The molecule has 6 heteroatoms. The highest BCUT2D eigenvalue weighted by atomic mass is 16.4. The van der Waals surface area contributed by atoms with E-state index < -0.39 is 0 Å². The normalized spacial score (nSPS) is 15.3. The second-order valence-electron chi connectivity index (χ2n) is 4.74. The lowest BCUT2D eigenvalue weighted by Gasteiger charge is -2.22. The molecular formula is C13H18N4O2. The summed E-state index contributed by atoms with van der Waals surface area (Å²) >= 11 is 0. The molecule has 3 N–H and O–H groups in total. The molecule has 2 rings (SSSR count). The van der Waals surface area contributed by atoms with E-state index in [0.29, 0.717) is 18.7 Å². The number of nitrogens with zero attached hydrogens (tertiary/aromatic N) is 3. The van der Waals surface area contributed by atoms with Gasteiger partial charge in [0.05, 0.1) is 0 Å². The fraction of sp³-hybridized carbons (Fsp3) is 0.462.